The Morgan fingerprint density at radius 2 is 1.86 bits per heavy atom. The molecule has 0 atom stereocenters. The topological polar surface area (TPSA) is 87.7 Å². The third kappa shape index (κ3) is 7.48. The summed E-state index contributed by atoms with van der Waals surface area (Å²) in [6, 6.07) is 11.6. The third-order valence-corrected chi connectivity index (χ3v) is 4.25. The predicted octanol–water partition coefficient (Wildman–Crippen LogP) is 3.45. The van der Waals surface area contributed by atoms with Crippen LogP contribution in [0.25, 0.3) is 0 Å². The zero-order valence-corrected chi connectivity index (χ0v) is 16.6. The van der Waals surface area contributed by atoms with Gasteiger partial charge in [-0.15, -0.1) is 0 Å². The molecule has 3 N–H and O–H groups in total. The van der Waals surface area contributed by atoms with Gasteiger partial charge in [0, 0.05) is 30.1 Å². The summed E-state index contributed by atoms with van der Waals surface area (Å²) >= 11 is 5.90. The van der Waals surface area contributed by atoms with E-state index in [0.29, 0.717) is 49.5 Å². The first-order valence-corrected chi connectivity index (χ1v) is 9.56. The quantitative estimate of drug-likeness (QED) is 0.529. The van der Waals surface area contributed by atoms with Crippen LogP contribution in [0.15, 0.2) is 42.5 Å². The van der Waals surface area contributed by atoms with Crippen LogP contribution >= 0.6 is 11.6 Å². The van der Waals surface area contributed by atoms with Crippen LogP contribution in [0.2, 0.25) is 5.02 Å². The summed E-state index contributed by atoms with van der Waals surface area (Å²) in [5, 5.41) is 15.6. The minimum atomic E-state index is -0.253. The number of halogens is 1. The highest BCUT2D eigenvalue weighted by atomic mass is 35.5. The first-order valence-electron chi connectivity index (χ1n) is 9.18. The van der Waals surface area contributed by atoms with Gasteiger partial charge in [0.1, 0.15) is 11.5 Å². The minimum absolute atomic E-state index is 0.0456. The molecule has 0 aliphatic carbocycles. The molecule has 0 aromatic heterocycles. The van der Waals surface area contributed by atoms with Gasteiger partial charge in [-0.05, 0) is 61.7 Å². The van der Waals surface area contributed by atoms with Crippen LogP contribution in [-0.4, -0.2) is 36.6 Å². The highest BCUT2D eigenvalue weighted by Gasteiger charge is 2.06. The van der Waals surface area contributed by atoms with E-state index in [1.54, 1.807) is 18.2 Å². The molecule has 2 aromatic carbocycles. The zero-order chi connectivity index (χ0) is 20.4. The minimum Gasteiger partial charge on any atom is -0.508 e. The van der Waals surface area contributed by atoms with Gasteiger partial charge in [-0.1, -0.05) is 17.7 Å². The average Bonchev–Trinajstić information content (AvgIpc) is 2.66. The Bertz CT molecular complexity index is 811. The van der Waals surface area contributed by atoms with Crippen LogP contribution < -0.4 is 15.4 Å². The summed E-state index contributed by atoms with van der Waals surface area (Å²) < 4.78 is 5.66. The lowest BCUT2D eigenvalue weighted by molar-refractivity contribution is -0.121. The van der Waals surface area contributed by atoms with E-state index in [-0.39, 0.29) is 17.6 Å². The Morgan fingerprint density at radius 3 is 2.61 bits per heavy atom. The molecule has 0 fully saturated rings. The number of benzene rings is 2. The number of aromatic hydroxyl groups is 1. The van der Waals surface area contributed by atoms with E-state index in [1.807, 2.05) is 19.1 Å². The Kier molecular flexibility index (Phi) is 8.62. The van der Waals surface area contributed by atoms with Crippen molar-refractivity contribution in [2.24, 2.45) is 0 Å². The van der Waals surface area contributed by atoms with Gasteiger partial charge in [-0.25, -0.2) is 0 Å². The Hall–Kier alpha value is -2.73. The molecule has 0 saturated heterocycles. The molecule has 0 aliphatic rings. The van der Waals surface area contributed by atoms with Crippen molar-refractivity contribution in [3.8, 4) is 11.5 Å². The van der Waals surface area contributed by atoms with Crippen molar-refractivity contribution in [1.29, 1.82) is 0 Å². The lowest BCUT2D eigenvalue weighted by Gasteiger charge is -2.10. The van der Waals surface area contributed by atoms with Crippen molar-refractivity contribution < 1.29 is 19.4 Å². The SMILES string of the molecule is Cc1cc(Cl)ccc1OCCCC(=O)NCCCNC(=O)c1cccc(O)c1. The van der Waals surface area contributed by atoms with Crippen LogP contribution in [0.1, 0.15) is 35.2 Å². The molecule has 7 heteroatoms. The van der Waals surface area contributed by atoms with Crippen LogP contribution in [0.4, 0.5) is 0 Å². The number of hydrogen-bond acceptors (Lipinski definition) is 4. The summed E-state index contributed by atoms with van der Waals surface area (Å²) in [6.45, 7) is 3.30. The fourth-order valence-corrected chi connectivity index (χ4v) is 2.77. The van der Waals surface area contributed by atoms with E-state index < -0.39 is 0 Å². The first-order chi connectivity index (χ1) is 13.5. The molecule has 0 aliphatic heterocycles. The van der Waals surface area contributed by atoms with Crippen LogP contribution in [0.5, 0.6) is 11.5 Å². The fraction of sp³-hybridized carbons (Fsp3) is 0.333. The number of amides is 2. The fourth-order valence-electron chi connectivity index (χ4n) is 2.55. The number of ether oxygens (including phenoxy) is 1. The van der Waals surface area contributed by atoms with Crippen molar-refractivity contribution in [1.82, 2.24) is 10.6 Å². The largest absolute Gasteiger partial charge is 0.508 e. The van der Waals surface area contributed by atoms with Gasteiger partial charge in [0.25, 0.3) is 5.91 Å². The Labute approximate surface area is 169 Å². The third-order valence-electron chi connectivity index (χ3n) is 4.01. The molecule has 6 nitrogen and oxygen atoms in total. The number of hydrogen-bond donors (Lipinski definition) is 3. The molecular formula is C21H25ClN2O4. The number of carbonyl (C=O) groups excluding carboxylic acids is 2. The van der Waals surface area contributed by atoms with Crippen LogP contribution in [-0.2, 0) is 4.79 Å². The molecule has 0 bridgehead atoms. The second-order valence-electron chi connectivity index (χ2n) is 6.37. The Balaban J connectivity index is 1.53. The summed E-state index contributed by atoms with van der Waals surface area (Å²) in [6.07, 6.45) is 1.61. The van der Waals surface area contributed by atoms with E-state index in [0.717, 1.165) is 11.3 Å². The van der Waals surface area contributed by atoms with Gasteiger partial charge < -0.3 is 20.5 Å². The number of aryl methyl sites for hydroxylation is 1. The molecule has 2 rings (SSSR count). The summed E-state index contributed by atoms with van der Waals surface area (Å²) in [4.78, 5) is 23.7. The smallest absolute Gasteiger partial charge is 0.251 e. The van der Waals surface area contributed by atoms with E-state index in [4.69, 9.17) is 16.3 Å². The summed E-state index contributed by atoms with van der Waals surface area (Å²) in [5.41, 5.74) is 1.37. The summed E-state index contributed by atoms with van der Waals surface area (Å²) in [5.74, 6) is 0.523. The molecule has 0 unspecified atom stereocenters. The van der Waals surface area contributed by atoms with Gasteiger partial charge in [0.05, 0.1) is 6.61 Å². The predicted molar refractivity (Wildman–Crippen MR) is 109 cm³/mol. The molecular weight excluding hydrogens is 380 g/mol. The van der Waals surface area contributed by atoms with E-state index >= 15 is 0 Å². The lowest BCUT2D eigenvalue weighted by atomic mass is 10.2. The van der Waals surface area contributed by atoms with Crippen molar-refractivity contribution >= 4 is 23.4 Å². The second kappa shape index (κ2) is 11.2. The van der Waals surface area contributed by atoms with Crippen molar-refractivity contribution in [3.05, 3.63) is 58.6 Å². The average molecular weight is 405 g/mol. The number of carbonyl (C=O) groups is 2. The van der Waals surface area contributed by atoms with E-state index in [2.05, 4.69) is 10.6 Å². The second-order valence-corrected chi connectivity index (χ2v) is 6.81. The highest BCUT2D eigenvalue weighted by molar-refractivity contribution is 6.30. The van der Waals surface area contributed by atoms with Gasteiger partial charge in [0.2, 0.25) is 5.91 Å². The Morgan fingerprint density at radius 1 is 1.07 bits per heavy atom. The molecule has 0 saturated carbocycles. The number of nitrogens with one attached hydrogen (secondary N) is 2. The molecule has 2 aromatic rings. The molecule has 2 amide bonds. The van der Waals surface area contributed by atoms with Crippen LogP contribution in [0.3, 0.4) is 0 Å². The number of rotatable bonds is 10. The molecule has 0 spiro atoms. The maximum absolute atomic E-state index is 11.9. The van der Waals surface area contributed by atoms with E-state index in [9.17, 15) is 14.7 Å². The van der Waals surface area contributed by atoms with Gasteiger partial charge in [-0.3, -0.25) is 9.59 Å². The molecule has 0 heterocycles. The zero-order valence-electron chi connectivity index (χ0n) is 15.8. The van der Waals surface area contributed by atoms with E-state index in [1.165, 1.54) is 12.1 Å². The maximum atomic E-state index is 11.9. The van der Waals surface area contributed by atoms with Crippen LogP contribution in [0, 0.1) is 6.92 Å². The first kappa shape index (κ1) is 21.6. The monoisotopic (exact) mass is 404 g/mol. The van der Waals surface area contributed by atoms with Gasteiger partial charge in [-0.2, -0.15) is 0 Å². The standard InChI is InChI=1S/C21H25ClN2O4/c1-15-13-17(22)8-9-19(15)28-12-3-7-20(26)23-10-4-11-24-21(27)16-5-2-6-18(25)14-16/h2,5-6,8-9,13-14,25H,3-4,7,10-12H2,1H3,(H,23,26)(H,24,27). The maximum Gasteiger partial charge on any atom is 0.251 e. The summed E-state index contributed by atoms with van der Waals surface area (Å²) in [7, 11) is 0. The normalized spacial score (nSPS) is 10.4. The van der Waals surface area contributed by atoms with Gasteiger partial charge >= 0.3 is 0 Å². The highest BCUT2D eigenvalue weighted by Crippen LogP contribution is 2.21. The molecule has 0 radical (unpaired) electrons. The molecule has 150 valence electrons. The van der Waals surface area contributed by atoms with Gasteiger partial charge in [0.15, 0.2) is 0 Å². The van der Waals surface area contributed by atoms with Crippen molar-refractivity contribution in [2.75, 3.05) is 19.7 Å². The lowest BCUT2D eigenvalue weighted by Crippen LogP contribution is -2.29. The number of phenolic OH excluding ortho intramolecular Hbond substituents is 1. The number of phenols is 1. The van der Waals surface area contributed by atoms with Crippen molar-refractivity contribution in [2.45, 2.75) is 26.2 Å². The van der Waals surface area contributed by atoms with Crippen molar-refractivity contribution in [3.63, 3.8) is 0 Å². The molecule has 28 heavy (non-hydrogen) atoms.